The second-order valence-corrected chi connectivity index (χ2v) is 6.30. The van der Waals surface area contributed by atoms with Crippen molar-refractivity contribution in [3.8, 4) is 0 Å². The van der Waals surface area contributed by atoms with E-state index in [2.05, 4.69) is 70.3 Å². The smallest absolute Gasteiger partial charge is 0.138 e. The molecule has 0 fully saturated rings. The normalized spacial score (nSPS) is 12.8. The molecule has 0 radical (unpaired) electrons. The summed E-state index contributed by atoms with van der Waals surface area (Å²) >= 11 is 3.66. The molecule has 0 bridgehead atoms. The number of hydrogen-bond acceptors (Lipinski definition) is 3. The maximum Gasteiger partial charge on any atom is 0.138 e. The van der Waals surface area contributed by atoms with Gasteiger partial charge in [0.1, 0.15) is 12.2 Å². The number of benzene rings is 1. The van der Waals surface area contributed by atoms with Gasteiger partial charge in [0.05, 0.1) is 0 Å². The Morgan fingerprint density at radius 2 is 2.05 bits per heavy atom. The minimum atomic E-state index is 0.238. The van der Waals surface area contributed by atoms with Gasteiger partial charge in [0.2, 0.25) is 0 Å². The molecule has 0 aliphatic heterocycles. The highest BCUT2D eigenvalue weighted by molar-refractivity contribution is 9.10. The average Bonchev–Trinajstić information content (AvgIpc) is 2.92. The lowest BCUT2D eigenvalue weighted by molar-refractivity contribution is 0.462. The number of halogens is 1. The lowest BCUT2D eigenvalue weighted by Gasteiger charge is -2.21. The maximum atomic E-state index is 4.44. The zero-order chi connectivity index (χ0) is 15.2. The van der Waals surface area contributed by atoms with Gasteiger partial charge in [-0.25, -0.2) is 9.67 Å². The summed E-state index contributed by atoms with van der Waals surface area (Å²) in [6, 6.07) is 8.93. The van der Waals surface area contributed by atoms with Crippen LogP contribution in [-0.2, 0) is 6.42 Å². The summed E-state index contributed by atoms with van der Waals surface area (Å²) in [5.41, 5.74) is 1.27. The fourth-order valence-electron chi connectivity index (χ4n) is 2.40. The predicted octanol–water partition coefficient (Wildman–Crippen LogP) is 3.90. The van der Waals surface area contributed by atoms with E-state index in [0.717, 1.165) is 29.7 Å². The molecule has 2 aromatic rings. The molecule has 4 nitrogen and oxygen atoms in total. The van der Waals surface area contributed by atoms with Crippen LogP contribution in [0, 0.1) is 0 Å². The third kappa shape index (κ3) is 4.14. The number of nitrogens with zero attached hydrogens (tertiary/aromatic N) is 3. The SMILES string of the molecule is CCCNC(Cc1ncnn1C(C)C)c1ccccc1Br. The molecule has 114 valence electrons. The second kappa shape index (κ2) is 7.71. The zero-order valence-corrected chi connectivity index (χ0v) is 14.5. The minimum absolute atomic E-state index is 0.238. The fraction of sp³-hybridized carbons (Fsp3) is 0.500. The number of aromatic nitrogens is 3. The van der Waals surface area contributed by atoms with Gasteiger partial charge < -0.3 is 5.32 Å². The third-order valence-corrected chi connectivity index (χ3v) is 4.17. The predicted molar refractivity (Wildman–Crippen MR) is 89.3 cm³/mol. The van der Waals surface area contributed by atoms with Crippen molar-refractivity contribution in [2.45, 2.75) is 45.7 Å². The Morgan fingerprint density at radius 3 is 2.71 bits per heavy atom. The van der Waals surface area contributed by atoms with Crippen LogP contribution in [-0.4, -0.2) is 21.3 Å². The first-order chi connectivity index (χ1) is 10.1. The van der Waals surface area contributed by atoms with Gasteiger partial charge in [0.15, 0.2) is 0 Å². The van der Waals surface area contributed by atoms with Crippen molar-refractivity contribution in [3.05, 3.63) is 46.5 Å². The molecule has 5 heteroatoms. The average molecular weight is 351 g/mol. The van der Waals surface area contributed by atoms with E-state index in [9.17, 15) is 0 Å². The summed E-state index contributed by atoms with van der Waals surface area (Å²) in [4.78, 5) is 4.44. The summed E-state index contributed by atoms with van der Waals surface area (Å²) in [5.74, 6) is 1.02. The van der Waals surface area contributed by atoms with E-state index in [4.69, 9.17) is 0 Å². The quantitative estimate of drug-likeness (QED) is 0.823. The van der Waals surface area contributed by atoms with Crippen LogP contribution in [0.2, 0.25) is 0 Å². The second-order valence-electron chi connectivity index (χ2n) is 5.45. The summed E-state index contributed by atoms with van der Waals surface area (Å²) < 4.78 is 3.13. The van der Waals surface area contributed by atoms with Crippen LogP contribution in [0.4, 0.5) is 0 Å². The number of rotatable bonds is 7. The first-order valence-corrected chi connectivity index (χ1v) is 8.29. The van der Waals surface area contributed by atoms with Crippen LogP contribution < -0.4 is 5.32 Å². The van der Waals surface area contributed by atoms with E-state index in [0.29, 0.717) is 6.04 Å². The highest BCUT2D eigenvalue weighted by Crippen LogP contribution is 2.26. The lowest BCUT2D eigenvalue weighted by Crippen LogP contribution is -2.26. The van der Waals surface area contributed by atoms with Gasteiger partial charge in [0, 0.05) is 23.0 Å². The van der Waals surface area contributed by atoms with Crippen LogP contribution in [0.3, 0.4) is 0 Å². The maximum absolute atomic E-state index is 4.44. The molecular formula is C16H23BrN4. The number of nitrogens with one attached hydrogen (secondary N) is 1. The van der Waals surface area contributed by atoms with Gasteiger partial charge >= 0.3 is 0 Å². The Balaban J connectivity index is 2.24. The fourth-order valence-corrected chi connectivity index (χ4v) is 2.96. The van der Waals surface area contributed by atoms with E-state index < -0.39 is 0 Å². The van der Waals surface area contributed by atoms with Crippen LogP contribution in [0.1, 0.15) is 50.7 Å². The standard InChI is InChI=1S/C16H23BrN4/c1-4-9-18-15(13-7-5-6-8-14(13)17)10-16-19-11-20-21(16)12(2)3/h5-8,11-12,15,18H,4,9-10H2,1-3H3. The molecule has 1 heterocycles. The van der Waals surface area contributed by atoms with E-state index in [1.54, 1.807) is 6.33 Å². The van der Waals surface area contributed by atoms with E-state index in [1.165, 1.54) is 5.56 Å². The van der Waals surface area contributed by atoms with Crippen molar-refractivity contribution in [1.82, 2.24) is 20.1 Å². The van der Waals surface area contributed by atoms with Crippen LogP contribution in [0.15, 0.2) is 35.1 Å². The highest BCUT2D eigenvalue weighted by Gasteiger charge is 2.18. The zero-order valence-electron chi connectivity index (χ0n) is 12.9. The summed E-state index contributed by atoms with van der Waals surface area (Å²) in [6.45, 7) is 7.43. The van der Waals surface area contributed by atoms with Crippen molar-refractivity contribution in [2.24, 2.45) is 0 Å². The molecule has 0 saturated heterocycles. The molecular weight excluding hydrogens is 328 g/mol. The van der Waals surface area contributed by atoms with E-state index in [1.807, 2.05) is 10.7 Å². The Bertz CT molecular complexity index is 565. The van der Waals surface area contributed by atoms with Crippen LogP contribution >= 0.6 is 15.9 Å². The lowest BCUT2D eigenvalue weighted by atomic mass is 10.0. The Hall–Kier alpha value is -1.20. The Morgan fingerprint density at radius 1 is 1.29 bits per heavy atom. The first kappa shape index (κ1) is 16.2. The Kier molecular flexibility index (Phi) is 5.94. The van der Waals surface area contributed by atoms with Crippen LogP contribution in [0.25, 0.3) is 0 Å². The minimum Gasteiger partial charge on any atom is -0.310 e. The molecule has 1 aromatic carbocycles. The molecule has 0 amide bonds. The highest BCUT2D eigenvalue weighted by atomic mass is 79.9. The monoisotopic (exact) mass is 350 g/mol. The molecule has 0 aliphatic carbocycles. The summed E-state index contributed by atoms with van der Waals surface area (Å²) in [7, 11) is 0. The van der Waals surface area contributed by atoms with Gasteiger partial charge in [-0.05, 0) is 38.4 Å². The summed E-state index contributed by atoms with van der Waals surface area (Å²) in [6.07, 6.45) is 3.59. The van der Waals surface area contributed by atoms with Crippen molar-refractivity contribution < 1.29 is 0 Å². The molecule has 0 spiro atoms. The van der Waals surface area contributed by atoms with Crippen molar-refractivity contribution >= 4 is 15.9 Å². The van der Waals surface area contributed by atoms with E-state index >= 15 is 0 Å². The third-order valence-electron chi connectivity index (χ3n) is 3.44. The molecule has 1 N–H and O–H groups in total. The number of hydrogen-bond donors (Lipinski definition) is 1. The van der Waals surface area contributed by atoms with Crippen molar-refractivity contribution in [1.29, 1.82) is 0 Å². The van der Waals surface area contributed by atoms with Crippen molar-refractivity contribution in [2.75, 3.05) is 6.54 Å². The first-order valence-electron chi connectivity index (χ1n) is 7.49. The van der Waals surface area contributed by atoms with Gasteiger partial charge in [-0.3, -0.25) is 0 Å². The topological polar surface area (TPSA) is 42.7 Å². The molecule has 1 atom stereocenters. The molecule has 1 aromatic heterocycles. The van der Waals surface area contributed by atoms with Crippen molar-refractivity contribution in [3.63, 3.8) is 0 Å². The Labute approximate surface area is 135 Å². The summed E-state index contributed by atoms with van der Waals surface area (Å²) in [5, 5.41) is 7.95. The largest absolute Gasteiger partial charge is 0.310 e. The van der Waals surface area contributed by atoms with E-state index in [-0.39, 0.29) is 6.04 Å². The van der Waals surface area contributed by atoms with Gasteiger partial charge in [-0.1, -0.05) is 41.1 Å². The molecule has 0 aliphatic rings. The van der Waals surface area contributed by atoms with Gasteiger partial charge in [-0.15, -0.1) is 0 Å². The molecule has 0 saturated carbocycles. The molecule has 2 rings (SSSR count). The van der Waals surface area contributed by atoms with Gasteiger partial charge in [-0.2, -0.15) is 5.10 Å². The van der Waals surface area contributed by atoms with Gasteiger partial charge in [0.25, 0.3) is 0 Å². The molecule has 21 heavy (non-hydrogen) atoms. The van der Waals surface area contributed by atoms with Crippen LogP contribution in [0.5, 0.6) is 0 Å². The molecule has 1 unspecified atom stereocenters.